The zero-order valence-electron chi connectivity index (χ0n) is 11.2. The number of ether oxygens (including phenoxy) is 1. The van der Waals surface area contributed by atoms with Gasteiger partial charge in [-0.05, 0) is 43.3 Å². The van der Waals surface area contributed by atoms with Gasteiger partial charge in [-0.1, -0.05) is 6.92 Å². The highest BCUT2D eigenvalue weighted by atomic mass is 19.1. The molecule has 1 N–H and O–H groups in total. The highest BCUT2D eigenvalue weighted by Gasteiger charge is 2.20. The molecule has 19 heavy (non-hydrogen) atoms. The van der Waals surface area contributed by atoms with Crippen LogP contribution in [0.25, 0.3) is 0 Å². The van der Waals surface area contributed by atoms with E-state index in [1.165, 1.54) is 12.1 Å². The van der Waals surface area contributed by atoms with Crippen molar-refractivity contribution in [2.24, 2.45) is 0 Å². The maximum Gasteiger partial charge on any atom is 0.125 e. The molecule has 1 heterocycles. The SMILES string of the molecule is CCCNC(c1ccco1)c1cc(F)ccc1OC. The molecule has 0 fully saturated rings. The molecule has 0 aliphatic rings. The van der Waals surface area contributed by atoms with Crippen molar-refractivity contribution in [1.29, 1.82) is 0 Å². The lowest BCUT2D eigenvalue weighted by molar-refractivity contribution is 0.390. The van der Waals surface area contributed by atoms with Crippen molar-refractivity contribution >= 4 is 0 Å². The third-order valence-corrected chi connectivity index (χ3v) is 2.93. The Morgan fingerprint density at radius 2 is 2.21 bits per heavy atom. The van der Waals surface area contributed by atoms with Crippen LogP contribution in [0.5, 0.6) is 5.75 Å². The summed E-state index contributed by atoms with van der Waals surface area (Å²) in [5.41, 5.74) is 0.742. The molecule has 4 heteroatoms. The minimum absolute atomic E-state index is 0.208. The third kappa shape index (κ3) is 3.15. The molecular weight excluding hydrogens is 245 g/mol. The largest absolute Gasteiger partial charge is 0.496 e. The standard InChI is InChI=1S/C15H18FNO2/c1-3-8-17-15(14-5-4-9-19-14)12-10-11(16)6-7-13(12)18-2/h4-7,9-10,15,17H,3,8H2,1-2H3. The molecule has 102 valence electrons. The zero-order chi connectivity index (χ0) is 13.7. The van der Waals surface area contributed by atoms with E-state index in [0.29, 0.717) is 5.75 Å². The first-order chi connectivity index (χ1) is 9.26. The van der Waals surface area contributed by atoms with Crippen LogP contribution in [0.4, 0.5) is 4.39 Å². The fourth-order valence-corrected chi connectivity index (χ4v) is 2.04. The Labute approximate surface area is 112 Å². The number of rotatable bonds is 6. The first-order valence-electron chi connectivity index (χ1n) is 6.36. The fourth-order valence-electron chi connectivity index (χ4n) is 2.04. The smallest absolute Gasteiger partial charge is 0.125 e. The van der Waals surface area contributed by atoms with Gasteiger partial charge in [0.15, 0.2) is 0 Å². The Morgan fingerprint density at radius 1 is 1.37 bits per heavy atom. The lowest BCUT2D eigenvalue weighted by Gasteiger charge is -2.19. The van der Waals surface area contributed by atoms with E-state index in [1.54, 1.807) is 19.4 Å². The van der Waals surface area contributed by atoms with Crippen molar-refractivity contribution in [2.45, 2.75) is 19.4 Å². The highest BCUT2D eigenvalue weighted by molar-refractivity contribution is 5.40. The van der Waals surface area contributed by atoms with Crippen molar-refractivity contribution in [3.8, 4) is 5.75 Å². The summed E-state index contributed by atoms with van der Waals surface area (Å²) in [5, 5.41) is 3.35. The van der Waals surface area contributed by atoms with E-state index in [9.17, 15) is 4.39 Å². The molecule has 1 aromatic heterocycles. The summed E-state index contributed by atoms with van der Waals surface area (Å²) < 4.78 is 24.3. The summed E-state index contributed by atoms with van der Waals surface area (Å²) >= 11 is 0. The minimum Gasteiger partial charge on any atom is -0.496 e. The number of methoxy groups -OCH3 is 1. The molecule has 0 saturated carbocycles. The topological polar surface area (TPSA) is 34.4 Å². The molecule has 0 amide bonds. The zero-order valence-corrected chi connectivity index (χ0v) is 11.2. The van der Waals surface area contributed by atoms with Crippen LogP contribution in [0.3, 0.4) is 0 Å². The fraction of sp³-hybridized carbons (Fsp3) is 0.333. The maximum atomic E-state index is 13.5. The van der Waals surface area contributed by atoms with Crippen LogP contribution in [0, 0.1) is 5.82 Å². The molecular formula is C15H18FNO2. The van der Waals surface area contributed by atoms with Gasteiger partial charge >= 0.3 is 0 Å². The van der Waals surface area contributed by atoms with Gasteiger partial charge in [0, 0.05) is 5.56 Å². The molecule has 0 saturated heterocycles. The molecule has 0 radical (unpaired) electrons. The van der Waals surface area contributed by atoms with E-state index in [0.717, 1.165) is 24.3 Å². The van der Waals surface area contributed by atoms with Gasteiger partial charge < -0.3 is 14.5 Å². The Hall–Kier alpha value is -1.81. The van der Waals surface area contributed by atoms with Crippen LogP contribution >= 0.6 is 0 Å². The second-order valence-corrected chi connectivity index (χ2v) is 4.29. The average molecular weight is 263 g/mol. The summed E-state index contributed by atoms with van der Waals surface area (Å²) in [6.45, 7) is 2.89. The van der Waals surface area contributed by atoms with Crippen molar-refractivity contribution < 1.29 is 13.5 Å². The van der Waals surface area contributed by atoms with Crippen molar-refractivity contribution in [3.63, 3.8) is 0 Å². The predicted octanol–water partition coefficient (Wildman–Crippen LogP) is 3.52. The van der Waals surface area contributed by atoms with E-state index in [2.05, 4.69) is 12.2 Å². The van der Waals surface area contributed by atoms with Crippen LogP contribution in [0.15, 0.2) is 41.0 Å². The Kier molecular flexibility index (Phi) is 4.58. The summed E-state index contributed by atoms with van der Waals surface area (Å²) in [7, 11) is 1.58. The maximum absolute atomic E-state index is 13.5. The second-order valence-electron chi connectivity index (χ2n) is 4.29. The lowest BCUT2D eigenvalue weighted by atomic mass is 10.0. The lowest BCUT2D eigenvalue weighted by Crippen LogP contribution is -2.23. The number of hydrogen-bond donors (Lipinski definition) is 1. The van der Waals surface area contributed by atoms with Gasteiger partial charge in [0.05, 0.1) is 19.4 Å². The first-order valence-corrected chi connectivity index (χ1v) is 6.36. The number of hydrogen-bond acceptors (Lipinski definition) is 3. The minimum atomic E-state index is -0.286. The molecule has 0 aliphatic heterocycles. The predicted molar refractivity (Wildman–Crippen MR) is 71.8 cm³/mol. The van der Waals surface area contributed by atoms with Gasteiger partial charge in [-0.2, -0.15) is 0 Å². The van der Waals surface area contributed by atoms with Gasteiger partial charge in [0.25, 0.3) is 0 Å². The van der Waals surface area contributed by atoms with Gasteiger partial charge in [0.1, 0.15) is 17.3 Å². The Morgan fingerprint density at radius 3 is 2.84 bits per heavy atom. The van der Waals surface area contributed by atoms with E-state index >= 15 is 0 Å². The van der Waals surface area contributed by atoms with Crippen molar-refractivity contribution in [3.05, 3.63) is 53.7 Å². The van der Waals surface area contributed by atoms with Crippen molar-refractivity contribution in [2.75, 3.05) is 13.7 Å². The highest BCUT2D eigenvalue weighted by Crippen LogP contribution is 2.31. The monoisotopic (exact) mass is 263 g/mol. The molecule has 2 aromatic rings. The normalized spacial score (nSPS) is 12.4. The Balaban J connectivity index is 2.39. The molecule has 0 bridgehead atoms. The van der Waals surface area contributed by atoms with E-state index < -0.39 is 0 Å². The van der Waals surface area contributed by atoms with Crippen LogP contribution in [0.1, 0.15) is 30.7 Å². The molecule has 1 unspecified atom stereocenters. The molecule has 0 spiro atoms. The summed E-state index contributed by atoms with van der Waals surface area (Å²) in [4.78, 5) is 0. The van der Waals surface area contributed by atoms with Gasteiger partial charge in [-0.3, -0.25) is 0 Å². The quantitative estimate of drug-likeness (QED) is 0.866. The summed E-state index contributed by atoms with van der Waals surface area (Å²) in [6.07, 6.45) is 2.59. The summed E-state index contributed by atoms with van der Waals surface area (Å²) in [6, 6.07) is 7.99. The number of halogens is 1. The first kappa shape index (κ1) is 13.6. The average Bonchev–Trinajstić information content (AvgIpc) is 2.93. The van der Waals surface area contributed by atoms with Crippen LogP contribution < -0.4 is 10.1 Å². The van der Waals surface area contributed by atoms with Crippen molar-refractivity contribution in [1.82, 2.24) is 5.32 Å². The van der Waals surface area contributed by atoms with E-state index in [1.807, 2.05) is 12.1 Å². The molecule has 1 atom stereocenters. The number of nitrogens with one attached hydrogen (secondary N) is 1. The van der Waals surface area contributed by atoms with E-state index in [-0.39, 0.29) is 11.9 Å². The molecule has 1 aromatic carbocycles. The van der Waals surface area contributed by atoms with Crippen LogP contribution in [0.2, 0.25) is 0 Å². The van der Waals surface area contributed by atoms with Crippen LogP contribution in [-0.2, 0) is 0 Å². The van der Waals surface area contributed by atoms with Gasteiger partial charge in [-0.25, -0.2) is 4.39 Å². The molecule has 2 rings (SSSR count). The number of furan rings is 1. The third-order valence-electron chi connectivity index (χ3n) is 2.93. The Bertz CT molecular complexity index is 511. The molecule has 3 nitrogen and oxygen atoms in total. The van der Waals surface area contributed by atoms with Crippen LogP contribution in [-0.4, -0.2) is 13.7 Å². The van der Waals surface area contributed by atoms with Gasteiger partial charge in [0.2, 0.25) is 0 Å². The molecule has 0 aliphatic carbocycles. The second kappa shape index (κ2) is 6.38. The number of benzene rings is 1. The van der Waals surface area contributed by atoms with E-state index in [4.69, 9.17) is 9.15 Å². The summed E-state index contributed by atoms with van der Waals surface area (Å²) in [5.74, 6) is 1.11. The van der Waals surface area contributed by atoms with Gasteiger partial charge in [-0.15, -0.1) is 0 Å².